The number of halogens is 6. The van der Waals surface area contributed by atoms with E-state index >= 15 is 0 Å². The van der Waals surface area contributed by atoms with Gasteiger partial charge in [0.15, 0.2) is 0 Å². The minimum absolute atomic E-state index is 0.113. The first-order chi connectivity index (χ1) is 8.54. The molecule has 0 bridgehead atoms. The van der Waals surface area contributed by atoms with Crippen LogP contribution in [0.2, 0.25) is 0 Å². The molecule has 1 rings (SSSR count). The van der Waals surface area contributed by atoms with Gasteiger partial charge in [-0.2, -0.15) is 13.2 Å². The van der Waals surface area contributed by atoms with E-state index < -0.39 is 29.6 Å². The molecule has 8 heteroatoms. The normalized spacial score (nSPS) is 12.4. The molecule has 108 valence electrons. The fraction of sp³-hybridized carbons (Fsp3) is 0.455. The van der Waals surface area contributed by atoms with Gasteiger partial charge in [0.2, 0.25) is 0 Å². The molecule has 0 N–H and O–H groups in total. The molecule has 1 aromatic carbocycles. The zero-order valence-electron chi connectivity index (χ0n) is 9.95. The fourth-order valence-corrected chi connectivity index (χ4v) is 1.47. The Hall–Kier alpha value is -1.60. The van der Waals surface area contributed by atoms with Crippen molar-refractivity contribution in [2.24, 2.45) is 0 Å². The number of hydrogen-bond donors (Lipinski definition) is 0. The predicted molar refractivity (Wildman–Crippen MR) is 54.0 cm³/mol. The first-order valence-electron chi connectivity index (χ1n) is 5.15. The molecule has 1 aromatic rings. The third-order valence-electron chi connectivity index (χ3n) is 2.02. The Labute approximate surface area is 104 Å². The van der Waals surface area contributed by atoms with E-state index in [2.05, 4.69) is 4.74 Å². The van der Waals surface area contributed by atoms with Crippen molar-refractivity contribution in [1.82, 2.24) is 0 Å². The molecule has 19 heavy (non-hydrogen) atoms. The largest absolute Gasteiger partial charge is 0.573 e. The van der Waals surface area contributed by atoms with Gasteiger partial charge in [0.25, 0.3) is 0 Å². The molecule has 0 radical (unpaired) electrons. The van der Waals surface area contributed by atoms with Crippen LogP contribution in [-0.4, -0.2) is 13.0 Å². The summed E-state index contributed by atoms with van der Waals surface area (Å²) in [6, 6.07) is 1.67. The molecule has 0 saturated heterocycles. The van der Waals surface area contributed by atoms with Crippen LogP contribution in [-0.2, 0) is 6.18 Å². The lowest BCUT2D eigenvalue weighted by atomic mass is 10.1. The topological polar surface area (TPSA) is 18.5 Å². The predicted octanol–water partition coefficient (Wildman–Crippen LogP) is 4.31. The molecule has 0 spiro atoms. The van der Waals surface area contributed by atoms with Crippen molar-refractivity contribution >= 4 is 0 Å². The second kappa shape index (κ2) is 5.18. The Morgan fingerprint density at radius 2 is 1.53 bits per heavy atom. The Balaban J connectivity index is 3.42. The molecule has 0 aliphatic rings. The first kappa shape index (κ1) is 15.5. The molecular weight excluding hydrogens is 278 g/mol. The Kier molecular flexibility index (Phi) is 4.21. The van der Waals surface area contributed by atoms with Crippen molar-refractivity contribution in [3.05, 3.63) is 23.3 Å². The van der Waals surface area contributed by atoms with Gasteiger partial charge in [-0.05, 0) is 31.5 Å². The highest BCUT2D eigenvalue weighted by molar-refractivity contribution is 5.49. The summed E-state index contributed by atoms with van der Waals surface area (Å²) in [4.78, 5) is 0. The number of benzene rings is 1. The third-order valence-corrected chi connectivity index (χ3v) is 2.02. The minimum Gasteiger partial charge on any atom is -0.493 e. The van der Waals surface area contributed by atoms with Gasteiger partial charge in [-0.15, -0.1) is 13.2 Å². The van der Waals surface area contributed by atoms with Crippen molar-refractivity contribution in [3.8, 4) is 11.5 Å². The van der Waals surface area contributed by atoms with Gasteiger partial charge in [0, 0.05) is 0 Å². The Morgan fingerprint density at radius 1 is 1.00 bits per heavy atom. The van der Waals surface area contributed by atoms with Gasteiger partial charge in [0.1, 0.15) is 17.1 Å². The van der Waals surface area contributed by atoms with Crippen LogP contribution in [0.25, 0.3) is 0 Å². The molecule has 0 fully saturated rings. The van der Waals surface area contributed by atoms with E-state index in [0.717, 1.165) is 6.07 Å². The highest BCUT2D eigenvalue weighted by atomic mass is 19.4. The first-order valence-corrected chi connectivity index (χ1v) is 5.15. The highest BCUT2D eigenvalue weighted by Crippen LogP contribution is 2.44. The average Bonchev–Trinajstić information content (AvgIpc) is 2.11. The van der Waals surface area contributed by atoms with Gasteiger partial charge >= 0.3 is 12.5 Å². The monoisotopic (exact) mass is 288 g/mol. The Bertz CT molecular complexity index is 450. The molecule has 0 heterocycles. The summed E-state index contributed by atoms with van der Waals surface area (Å²) < 4.78 is 83.0. The van der Waals surface area contributed by atoms with E-state index in [4.69, 9.17) is 4.74 Å². The molecule has 0 aliphatic heterocycles. The van der Waals surface area contributed by atoms with Crippen molar-refractivity contribution < 1.29 is 35.8 Å². The summed E-state index contributed by atoms with van der Waals surface area (Å²) in [6.45, 7) is 2.65. The third kappa shape index (κ3) is 4.22. The summed E-state index contributed by atoms with van der Waals surface area (Å²) >= 11 is 0. The molecule has 0 saturated carbocycles. The van der Waals surface area contributed by atoms with Crippen molar-refractivity contribution in [2.45, 2.75) is 26.4 Å². The van der Waals surface area contributed by atoms with E-state index in [1.165, 1.54) is 13.8 Å². The van der Waals surface area contributed by atoms with Gasteiger partial charge < -0.3 is 9.47 Å². The zero-order valence-corrected chi connectivity index (χ0v) is 9.95. The molecule has 0 amide bonds. The van der Waals surface area contributed by atoms with E-state index in [1.54, 1.807) is 0 Å². The number of alkyl halides is 6. The quantitative estimate of drug-likeness (QED) is 0.771. The van der Waals surface area contributed by atoms with E-state index in [-0.39, 0.29) is 12.2 Å². The smallest absolute Gasteiger partial charge is 0.493 e. The minimum atomic E-state index is -5.21. The SMILES string of the molecule is CCOc1cc(C)cc(OC(F)(F)F)c1C(F)(F)F. The maximum atomic E-state index is 12.8. The molecule has 0 unspecified atom stereocenters. The van der Waals surface area contributed by atoms with Gasteiger partial charge in [-0.3, -0.25) is 0 Å². The lowest BCUT2D eigenvalue weighted by molar-refractivity contribution is -0.276. The number of ether oxygens (including phenoxy) is 2. The van der Waals surface area contributed by atoms with Crippen LogP contribution in [0, 0.1) is 6.92 Å². The van der Waals surface area contributed by atoms with Crippen LogP contribution in [0.3, 0.4) is 0 Å². The maximum absolute atomic E-state index is 12.8. The fourth-order valence-electron chi connectivity index (χ4n) is 1.47. The van der Waals surface area contributed by atoms with Gasteiger partial charge in [-0.1, -0.05) is 0 Å². The molecule has 0 aliphatic carbocycles. The summed E-state index contributed by atoms with van der Waals surface area (Å²) in [5, 5.41) is 0. The lowest BCUT2D eigenvalue weighted by Gasteiger charge is -2.19. The van der Waals surface area contributed by atoms with E-state index in [0.29, 0.717) is 6.07 Å². The average molecular weight is 288 g/mol. The summed E-state index contributed by atoms with van der Waals surface area (Å²) in [5.41, 5.74) is -1.41. The van der Waals surface area contributed by atoms with Crippen molar-refractivity contribution in [3.63, 3.8) is 0 Å². The van der Waals surface area contributed by atoms with Crippen LogP contribution in [0.5, 0.6) is 11.5 Å². The van der Waals surface area contributed by atoms with Crippen LogP contribution in [0.1, 0.15) is 18.1 Å². The summed E-state index contributed by atoms with van der Waals surface area (Å²) in [6.07, 6.45) is -10.2. The maximum Gasteiger partial charge on any atom is 0.573 e. The van der Waals surface area contributed by atoms with E-state index in [1.807, 2.05) is 0 Å². The number of rotatable bonds is 3. The van der Waals surface area contributed by atoms with Crippen LogP contribution < -0.4 is 9.47 Å². The number of aryl methyl sites for hydroxylation is 1. The summed E-state index contributed by atoms with van der Waals surface area (Å²) in [5.74, 6) is -2.00. The Morgan fingerprint density at radius 3 is 1.95 bits per heavy atom. The van der Waals surface area contributed by atoms with E-state index in [9.17, 15) is 26.3 Å². The van der Waals surface area contributed by atoms with Crippen molar-refractivity contribution in [2.75, 3.05) is 6.61 Å². The van der Waals surface area contributed by atoms with Crippen molar-refractivity contribution in [1.29, 1.82) is 0 Å². The molecule has 0 aromatic heterocycles. The molecule has 0 atom stereocenters. The highest BCUT2D eigenvalue weighted by Gasteiger charge is 2.42. The lowest BCUT2D eigenvalue weighted by Crippen LogP contribution is -2.21. The van der Waals surface area contributed by atoms with Crippen LogP contribution in [0.15, 0.2) is 12.1 Å². The summed E-state index contributed by atoms with van der Waals surface area (Å²) in [7, 11) is 0. The zero-order chi connectivity index (χ0) is 14.8. The second-order valence-corrected chi connectivity index (χ2v) is 3.61. The van der Waals surface area contributed by atoms with Crippen LogP contribution in [0.4, 0.5) is 26.3 Å². The van der Waals surface area contributed by atoms with Gasteiger partial charge in [-0.25, -0.2) is 0 Å². The molecular formula is C11H10F6O2. The van der Waals surface area contributed by atoms with Gasteiger partial charge in [0.05, 0.1) is 6.61 Å². The second-order valence-electron chi connectivity index (χ2n) is 3.61. The molecule has 2 nitrogen and oxygen atoms in total. The number of hydrogen-bond acceptors (Lipinski definition) is 2. The van der Waals surface area contributed by atoms with Crippen LogP contribution >= 0.6 is 0 Å². The standard InChI is InChI=1S/C11H10F6O2/c1-3-18-7-4-6(2)5-8(19-11(15,16)17)9(7)10(12,13)14/h4-5H,3H2,1-2H3.